The summed E-state index contributed by atoms with van der Waals surface area (Å²) in [6.07, 6.45) is 8.19. The molecule has 30 heavy (non-hydrogen) atoms. The minimum absolute atomic E-state index is 0. The Morgan fingerprint density at radius 3 is 2.63 bits per heavy atom. The number of hydrogen-bond donors (Lipinski definition) is 2. The number of aromatic nitrogens is 2. The highest BCUT2D eigenvalue weighted by Gasteiger charge is 2.21. The number of aliphatic imine (C=N–C) groups is 1. The fraction of sp³-hybridized carbons (Fsp3) is 0.500. The normalized spacial score (nSPS) is 17.4. The molecule has 0 amide bonds. The molecule has 1 unspecified atom stereocenters. The van der Waals surface area contributed by atoms with Crippen LogP contribution in [-0.2, 0) is 23.3 Å². The van der Waals surface area contributed by atoms with Crippen LogP contribution in [0.4, 0.5) is 5.69 Å². The van der Waals surface area contributed by atoms with E-state index in [2.05, 4.69) is 25.6 Å². The second kappa shape index (κ2) is 11.0. The van der Waals surface area contributed by atoms with Crippen molar-refractivity contribution >= 4 is 45.5 Å². The lowest BCUT2D eigenvalue weighted by atomic mass is 10.1. The molecule has 2 heterocycles. The van der Waals surface area contributed by atoms with Crippen molar-refractivity contribution in [2.75, 3.05) is 37.8 Å². The molecule has 1 aromatic carbocycles. The van der Waals surface area contributed by atoms with Crippen molar-refractivity contribution in [2.24, 2.45) is 12.0 Å². The van der Waals surface area contributed by atoms with Gasteiger partial charge in [-0.1, -0.05) is 12.1 Å². The van der Waals surface area contributed by atoms with E-state index in [1.165, 1.54) is 6.26 Å². The first-order valence-corrected chi connectivity index (χ1v) is 11.7. The maximum absolute atomic E-state index is 11.5. The monoisotopic (exact) mass is 546 g/mol. The summed E-state index contributed by atoms with van der Waals surface area (Å²) in [6, 6.07) is 7.37. The van der Waals surface area contributed by atoms with Crippen molar-refractivity contribution in [3.63, 3.8) is 0 Å². The Labute approximate surface area is 196 Å². The van der Waals surface area contributed by atoms with Crippen LogP contribution < -0.4 is 15.5 Å². The summed E-state index contributed by atoms with van der Waals surface area (Å²) in [7, 11) is 0.559. The van der Waals surface area contributed by atoms with E-state index in [9.17, 15) is 8.42 Å². The molecular weight excluding hydrogens is 515 g/mol. The lowest BCUT2D eigenvalue weighted by Crippen LogP contribution is -2.51. The fourth-order valence-corrected chi connectivity index (χ4v) is 4.15. The van der Waals surface area contributed by atoms with Crippen LogP contribution in [0.15, 0.2) is 46.5 Å². The molecule has 0 spiro atoms. The van der Waals surface area contributed by atoms with E-state index in [4.69, 9.17) is 0 Å². The summed E-state index contributed by atoms with van der Waals surface area (Å²) in [5.41, 5.74) is 2.24. The minimum Gasteiger partial charge on any atom is -0.367 e. The van der Waals surface area contributed by atoms with Crippen LogP contribution >= 0.6 is 24.0 Å². The van der Waals surface area contributed by atoms with Crippen molar-refractivity contribution in [2.45, 2.75) is 30.2 Å². The molecule has 8 nitrogen and oxygen atoms in total. The maximum atomic E-state index is 11.5. The molecule has 10 heteroatoms. The van der Waals surface area contributed by atoms with Crippen molar-refractivity contribution in [1.82, 2.24) is 20.4 Å². The molecule has 0 bridgehead atoms. The number of anilines is 1. The molecular formula is C20H31IN6O2S. The Kier molecular flexibility index (Phi) is 8.95. The van der Waals surface area contributed by atoms with Gasteiger partial charge < -0.3 is 15.5 Å². The predicted octanol–water partition coefficient (Wildman–Crippen LogP) is 1.82. The zero-order valence-electron chi connectivity index (χ0n) is 17.7. The first-order valence-electron chi connectivity index (χ1n) is 9.85. The van der Waals surface area contributed by atoms with Crippen LogP contribution in [0, 0.1) is 0 Å². The zero-order chi connectivity index (χ0) is 20.9. The third-order valence-electron chi connectivity index (χ3n) is 5.10. The molecule has 1 saturated heterocycles. The average Bonchev–Trinajstić information content (AvgIpc) is 3.13. The van der Waals surface area contributed by atoms with Crippen LogP contribution in [0.3, 0.4) is 0 Å². The summed E-state index contributed by atoms with van der Waals surface area (Å²) in [4.78, 5) is 7.04. The van der Waals surface area contributed by atoms with Gasteiger partial charge in [0, 0.05) is 52.2 Å². The summed E-state index contributed by atoms with van der Waals surface area (Å²) < 4.78 is 24.9. The van der Waals surface area contributed by atoms with E-state index in [0.29, 0.717) is 10.9 Å². The van der Waals surface area contributed by atoms with E-state index >= 15 is 0 Å². The molecule has 2 N–H and O–H groups in total. The molecule has 0 radical (unpaired) electrons. The standard InChI is InChI=1S/C20H30N6O2S.HI/c1-21-20(22-11-10-16-6-8-19(9-7-16)29(3,27)28)24-17-5-4-12-26(14-17)18-13-23-25(2)15-18;/h6-9,13,15,17H,4-5,10-12,14H2,1-3H3,(H2,21,22,24);1H. The molecule has 2 aromatic rings. The molecule has 1 aromatic heterocycles. The zero-order valence-corrected chi connectivity index (χ0v) is 20.9. The minimum atomic E-state index is -3.15. The highest BCUT2D eigenvalue weighted by atomic mass is 127. The number of aryl methyl sites for hydroxylation is 1. The Morgan fingerprint density at radius 1 is 1.30 bits per heavy atom. The van der Waals surface area contributed by atoms with E-state index in [0.717, 1.165) is 56.1 Å². The Hall–Kier alpha value is -1.82. The van der Waals surface area contributed by atoms with Crippen LogP contribution in [0.2, 0.25) is 0 Å². The van der Waals surface area contributed by atoms with Crippen molar-refractivity contribution < 1.29 is 8.42 Å². The summed E-state index contributed by atoms with van der Waals surface area (Å²) >= 11 is 0. The van der Waals surface area contributed by atoms with Crippen molar-refractivity contribution in [1.29, 1.82) is 0 Å². The van der Waals surface area contributed by atoms with Gasteiger partial charge in [-0.25, -0.2) is 8.42 Å². The number of halogens is 1. The molecule has 166 valence electrons. The van der Waals surface area contributed by atoms with Crippen molar-refractivity contribution in [3.8, 4) is 0 Å². The topological polar surface area (TPSA) is 91.6 Å². The fourth-order valence-electron chi connectivity index (χ4n) is 3.52. The lowest BCUT2D eigenvalue weighted by Gasteiger charge is -2.34. The number of rotatable bonds is 6. The Balaban J connectivity index is 0.00000320. The molecule has 0 aliphatic carbocycles. The molecule has 3 rings (SSSR count). The number of hydrogen-bond acceptors (Lipinski definition) is 5. The third-order valence-corrected chi connectivity index (χ3v) is 6.23. The SMILES string of the molecule is CN=C(NCCc1ccc(S(C)(=O)=O)cc1)NC1CCCN(c2cnn(C)c2)C1.I. The highest BCUT2D eigenvalue weighted by molar-refractivity contribution is 14.0. The summed E-state index contributed by atoms with van der Waals surface area (Å²) in [5.74, 6) is 0.788. The van der Waals surface area contributed by atoms with Gasteiger partial charge in [-0.05, 0) is 37.0 Å². The van der Waals surface area contributed by atoms with E-state index in [-0.39, 0.29) is 24.0 Å². The van der Waals surface area contributed by atoms with E-state index < -0.39 is 9.84 Å². The molecule has 1 aliphatic heterocycles. The number of sulfone groups is 1. The largest absolute Gasteiger partial charge is 0.367 e. The molecule has 0 saturated carbocycles. The lowest BCUT2D eigenvalue weighted by molar-refractivity contribution is 0.468. The maximum Gasteiger partial charge on any atom is 0.191 e. The van der Waals surface area contributed by atoms with Gasteiger partial charge >= 0.3 is 0 Å². The van der Waals surface area contributed by atoms with E-state index in [1.54, 1.807) is 19.2 Å². The van der Waals surface area contributed by atoms with Gasteiger partial charge in [-0.15, -0.1) is 24.0 Å². The van der Waals surface area contributed by atoms with Crippen LogP contribution in [0.5, 0.6) is 0 Å². The first kappa shape index (κ1) is 24.4. The van der Waals surface area contributed by atoms with Gasteiger partial charge in [0.2, 0.25) is 0 Å². The van der Waals surface area contributed by atoms with Gasteiger partial charge in [0.25, 0.3) is 0 Å². The third kappa shape index (κ3) is 6.86. The van der Waals surface area contributed by atoms with Gasteiger partial charge in [0.05, 0.1) is 16.8 Å². The van der Waals surface area contributed by atoms with Gasteiger partial charge in [-0.3, -0.25) is 9.67 Å². The quantitative estimate of drug-likeness (QED) is 0.327. The predicted molar refractivity (Wildman–Crippen MR) is 132 cm³/mol. The van der Waals surface area contributed by atoms with Crippen molar-refractivity contribution in [3.05, 3.63) is 42.2 Å². The molecule has 1 fully saturated rings. The van der Waals surface area contributed by atoms with Crippen LogP contribution in [-0.4, -0.2) is 63.1 Å². The molecule has 1 aliphatic rings. The summed E-state index contributed by atoms with van der Waals surface area (Å²) in [5, 5.41) is 11.1. The Morgan fingerprint density at radius 2 is 2.03 bits per heavy atom. The number of nitrogens with one attached hydrogen (secondary N) is 2. The van der Waals surface area contributed by atoms with Gasteiger partial charge in [0.1, 0.15) is 0 Å². The second-order valence-electron chi connectivity index (χ2n) is 7.47. The average molecular weight is 546 g/mol. The van der Waals surface area contributed by atoms with Gasteiger partial charge in [0.15, 0.2) is 15.8 Å². The van der Waals surface area contributed by atoms with Crippen LogP contribution in [0.1, 0.15) is 18.4 Å². The Bertz CT molecular complexity index is 942. The van der Waals surface area contributed by atoms with Gasteiger partial charge in [-0.2, -0.15) is 5.10 Å². The summed E-state index contributed by atoms with van der Waals surface area (Å²) in [6.45, 7) is 2.68. The van der Waals surface area contributed by atoms with E-state index in [1.807, 2.05) is 36.3 Å². The number of benzene rings is 1. The second-order valence-corrected chi connectivity index (χ2v) is 9.48. The molecule has 1 atom stereocenters. The number of nitrogens with zero attached hydrogens (tertiary/aromatic N) is 4. The van der Waals surface area contributed by atoms with Crippen LogP contribution in [0.25, 0.3) is 0 Å². The number of piperidine rings is 1. The first-order chi connectivity index (χ1) is 13.8. The highest BCUT2D eigenvalue weighted by Crippen LogP contribution is 2.19. The number of guanidine groups is 1. The smallest absolute Gasteiger partial charge is 0.191 e.